The van der Waals surface area contributed by atoms with E-state index in [4.69, 9.17) is 9.47 Å². The van der Waals surface area contributed by atoms with Gasteiger partial charge in [0.2, 0.25) is 0 Å². The van der Waals surface area contributed by atoms with Crippen molar-refractivity contribution in [2.75, 3.05) is 6.61 Å². The fourth-order valence-corrected chi connectivity index (χ4v) is 3.40. The van der Waals surface area contributed by atoms with E-state index in [9.17, 15) is 25.2 Å². The molecule has 4 N–H and O–H groups in total. The highest BCUT2D eigenvalue weighted by Gasteiger charge is 2.43. The molecule has 0 radical (unpaired) electrons. The van der Waals surface area contributed by atoms with E-state index in [-0.39, 0.29) is 13.0 Å². The monoisotopic (exact) mass is 442 g/mol. The normalized spacial score (nSPS) is 26.7. The van der Waals surface area contributed by atoms with E-state index in [1.807, 2.05) is 0 Å². The maximum atomic E-state index is 11.8. The Labute approximate surface area is 186 Å². The number of ether oxygens (including phenoxy) is 2. The maximum Gasteiger partial charge on any atom is 0.305 e. The van der Waals surface area contributed by atoms with E-state index < -0.39 is 36.7 Å². The minimum Gasteiger partial charge on any atom is -0.463 e. The van der Waals surface area contributed by atoms with Gasteiger partial charge in [-0.2, -0.15) is 0 Å². The molecule has 7 nitrogen and oxygen atoms in total. The van der Waals surface area contributed by atoms with Crippen molar-refractivity contribution in [1.82, 2.24) is 0 Å². The first-order valence-electron chi connectivity index (χ1n) is 11.8. The fraction of sp³-hybridized carbons (Fsp3) is 0.792. The van der Waals surface area contributed by atoms with Gasteiger partial charge in [-0.25, -0.2) is 0 Å². The second kappa shape index (κ2) is 17.3. The zero-order valence-corrected chi connectivity index (χ0v) is 18.9. The van der Waals surface area contributed by atoms with Gasteiger partial charge in [-0.3, -0.25) is 4.79 Å². The summed E-state index contributed by atoms with van der Waals surface area (Å²) in [5.41, 5.74) is 0. The van der Waals surface area contributed by atoms with Gasteiger partial charge in [-0.1, -0.05) is 63.3 Å². The second-order valence-electron chi connectivity index (χ2n) is 8.20. The average Bonchev–Trinajstić information content (AvgIpc) is 2.76. The molecule has 1 rings (SSSR count). The van der Waals surface area contributed by atoms with E-state index in [2.05, 4.69) is 31.2 Å². The number of esters is 1. The first-order valence-corrected chi connectivity index (χ1v) is 11.8. The van der Waals surface area contributed by atoms with E-state index in [0.29, 0.717) is 0 Å². The SMILES string of the molecule is CCCCC/C=C\C/C=C\CCCCCCCC(=O)OC[C@H]1OC(O)[C@H](O)[C@@H](O)[C@@H]1O. The zero-order chi connectivity index (χ0) is 22.9. The molecule has 7 heteroatoms. The van der Waals surface area contributed by atoms with Crippen molar-refractivity contribution in [2.24, 2.45) is 0 Å². The van der Waals surface area contributed by atoms with Gasteiger partial charge in [0.15, 0.2) is 6.29 Å². The smallest absolute Gasteiger partial charge is 0.305 e. The molecule has 0 aliphatic carbocycles. The molecule has 1 fully saturated rings. The topological polar surface area (TPSA) is 116 Å². The minimum absolute atomic E-state index is 0.277. The van der Waals surface area contributed by atoms with Crippen molar-refractivity contribution in [1.29, 1.82) is 0 Å². The number of hydrogen-bond donors (Lipinski definition) is 4. The number of carbonyl (C=O) groups excluding carboxylic acids is 1. The molecule has 0 aromatic heterocycles. The van der Waals surface area contributed by atoms with Crippen molar-refractivity contribution in [3.8, 4) is 0 Å². The fourth-order valence-electron chi connectivity index (χ4n) is 3.40. The first kappa shape index (κ1) is 27.8. The minimum atomic E-state index is -1.62. The number of rotatable bonds is 16. The van der Waals surface area contributed by atoms with Crippen LogP contribution >= 0.6 is 0 Å². The summed E-state index contributed by atoms with van der Waals surface area (Å²) < 4.78 is 10.0. The standard InChI is InChI=1S/C24H42O7/c1-2-3-4-5-6-7-8-9-10-11-12-13-14-15-16-17-20(25)30-18-19-21(26)22(27)23(28)24(29)31-19/h6-7,9-10,19,21-24,26-29H,2-5,8,11-18H2,1H3/b7-6-,10-9-/t19-,21-,22+,23-,24?/m1/s1. The third kappa shape index (κ3) is 12.4. The summed E-state index contributed by atoms with van der Waals surface area (Å²) in [5.74, 6) is -0.406. The Balaban J connectivity index is 1.96. The molecule has 0 aromatic carbocycles. The predicted molar refractivity (Wildman–Crippen MR) is 119 cm³/mol. The molecule has 1 saturated heterocycles. The quantitative estimate of drug-likeness (QED) is 0.165. The molecule has 0 bridgehead atoms. The van der Waals surface area contributed by atoms with Crippen LogP contribution in [0.5, 0.6) is 0 Å². The zero-order valence-electron chi connectivity index (χ0n) is 18.9. The Morgan fingerprint density at radius 1 is 0.806 bits per heavy atom. The van der Waals surface area contributed by atoms with E-state index in [1.165, 1.54) is 25.7 Å². The van der Waals surface area contributed by atoms with Crippen LogP contribution in [0.4, 0.5) is 0 Å². The molecule has 31 heavy (non-hydrogen) atoms. The number of aliphatic hydroxyl groups excluding tert-OH is 4. The summed E-state index contributed by atoms with van der Waals surface area (Å²) in [5, 5.41) is 38.3. The van der Waals surface area contributed by atoms with Crippen LogP contribution < -0.4 is 0 Å². The van der Waals surface area contributed by atoms with Crippen LogP contribution in [-0.2, 0) is 14.3 Å². The molecule has 180 valence electrons. The molecule has 1 aliphatic heterocycles. The highest BCUT2D eigenvalue weighted by molar-refractivity contribution is 5.69. The summed E-state index contributed by atoms with van der Waals surface area (Å²) in [6.45, 7) is 1.94. The third-order valence-electron chi connectivity index (χ3n) is 5.43. The van der Waals surface area contributed by atoms with E-state index >= 15 is 0 Å². The molecular formula is C24H42O7. The lowest BCUT2D eigenvalue weighted by atomic mass is 9.99. The van der Waals surface area contributed by atoms with Crippen LogP contribution in [0.15, 0.2) is 24.3 Å². The Kier molecular flexibility index (Phi) is 15.5. The molecule has 0 amide bonds. The average molecular weight is 443 g/mol. The lowest BCUT2D eigenvalue weighted by molar-refractivity contribution is -0.287. The maximum absolute atomic E-state index is 11.8. The number of hydrogen-bond acceptors (Lipinski definition) is 7. The Hall–Kier alpha value is -1.25. The largest absolute Gasteiger partial charge is 0.463 e. The van der Waals surface area contributed by atoms with Crippen molar-refractivity contribution in [3.05, 3.63) is 24.3 Å². The third-order valence-corrected chi connectivity index (χ3v) is 5.43. The molecule has 0 aromatic rings. The lowest BCUT2D eigenvalue weighted by Crippen LogP contribution is -2.58. The molecule has 0 saturated carbocycles. The van der Waals surface area contributed by atoms with Crippen LogP contribution in [-0.4, -0.2) is 63.7 Å². The van der Waals surface area contributed by atoms with Gasteiger partial charge in [-0.05, 0) is 38.5 Å². The van der Waals surface area contributed by atoms with Crippen LogP contribution in [0.1, 0.15) is 84.0 Å². The number of carbonyl (C=O) groups is 1. The number of unbranched alkanes of at least 4 members (excludes halogenated alkanes) is 8. The van der Waals surface area contributed by atoms with Gasteiger partial charge in [0.05, 0.1) is 0 Å². The summed E-state index contributed by atoms with van der Waals surface area (Å²) in [6.07, 6.45) is 14.2. The summed E-state index contributed by atoms with van der Waals surface area (Å²) in [4.78, 5) is 11.8. The van der Waals surface area contributed by atoms with Gasteiger partial charge in [0, 0.05) is 6.42 Å². The van der Waals surface area contributed by atoms with Crippen LogP contribution in [0, 0.1) is 0 Å². The van der Waals surface area contributed by atoms with Gasteiger partial charge in [-0.15, -0.1) is 0 Å². The molecular weight excluding hydrogens is 400 g/mol. The first-order chi connectivity index (χ1) is 15.0. The summed E-state index contributed by atoms with van der Waals surface area (Å²) in [6, 6.07) is 0. The van der Waals surface area contributed by atoms with Crippen LogP contribution in [0.3, 0.4) is 0 Å². The summed E-state index contributed by atoms with van der Waals surface area (Å²) in [7, 11) is 0. The van der Waals surface area contributed by atoms with E-state index in [1.54, 1.807) is 0 Å². The predicted octanol–water partition coefficient (Wildman–Crippen LogP) is 3.14. The highest BCUT2D eigenvalue weighted by atomic mass is 16.6. The Bertz CT molecular complexity index is 520. The van der Waals surface area contributed by atoms with Gasteiger partial charge in [0.25, 0.3) is 0 Å². The van der Waals surface area contributed by atoms with Gasteiger partial charge >= 0.3 is 5.97 Å². The van der Waals surface area contributed by atoms with Crippen molar-refractivity contribution in [2.45, 2.75) is 115 Å². The van der Waals surface area contributed by atoms with Crippen molar-refractivity contribution >= 4 is 5.97 Å². The van der Waals surface area contributed by atoms with Gasteiger partial charge in [0.1, 0.15) is 31.0 Å². The molecule has 0 spiro atoms. The highest BCUT2D eigenvalue weighted by Crippen LogP contribution is 2.20. The molecule has 1 unspecified atom stereocenters. The number of allylic oxidation sites excluding steroid dienone is 4. The van der Waals surface area contributed by atoms with Crippen LogP contribution in [0.25, 0.3) is 0 Å². The Morgan fingerprint density at radius 3 is 2.10 bits per heavy atom. The lowest BCUT2D eigenvalue weighted by Gasteiger charge is -2.37. The van der Waals surface area contributed by atoms with Gasteiger partial charge < -0.3 is 29.9 Å². The molecule has 5 atom stereocenters. The van der Waals surface area contributed by atoms with Crippen LogP contribution in [0.2, 0.25) is 0 Å². The second-order valence-corrected chi connectivity index (χ2v) is 8.20. The number of aliphatic hydroxyl groups is 4. The molecule has 1 heterocycles. The van der Waals surface area contributed by atoms with E-state index in [0.717, 1.165) is 44.9 Å². The molecule has 1 aliphatic rings. The summed E-state index contributed by atoms with van der Waals surface area (Å²) >= 11 is 0. The Morgan fingerprint density at radius 2 is 1.42 bits per heavy atom. The van der Waals surface area contributed by atoms with Crippen molar-refractivity contribution < 1.29 is 34.7 Å². The van der Waals surface area contributed by atoms with Crippen molar-refractivity contribution in [3.63, 3.8) is 0 Å².